The fraction of sp³-hybridized carbons (Fsp3) is 0.444. The molecule has 23 heavy (non-hydrogen) atoms. The van der Waals surface area contributed by atoms with Crippen LogP contribution in [0.3, 0.4) is 0 Å². The number of aryl methyl sites for hydroxylation is 3. The second-order valence-electron chi connectivity index (χ2n) is 6.01. The molecule has 4 nitrogen and oxygen atoms in total. The zero-order chi connectivity index (χ0) is 16.2. The summed E-state index contributed by atoms with van der Waals surface area (Å²) in [7, 11) is 0. The van der Waals surface area contributed by atoms with Crippen LogP contribution in [0.25, 0.3) is 0 Å². The van der Waals surface area contributed by atoms with Gasteiger partial charge in [0.15, 0.2) is 0 Å². The van der Waals surface area contributed by atoms with E-state index in [0.717, 1.165) is 42.0 Å². The summed E-state index contributed by atoms with van der Waals surface area (Å²) in [5.74, 6) is 2.17. The normalized spacial score (nSPS) is 16.9. The number of fused-ring (bicyclic) bond motifs is 1. The summed E-state index contributed by atoms with van der Waals surface area (Å²) in [6, 6.07) is 8.58. The number of nitrogens with one attached hydrogen (secondary N) is 1. The van der Waals surface area contributed by atoms with Gasteiger partial charge in [-0.05, 0) is 44.2 Å². The van der Waals surface area contributed by atoms with Crippen molar-refractivity contribution in [3.05, 3.63) is 52.4 Å². The van der Waals surface area contributed by atoms with Gasteiger partial charge in [0, 0.05) is 11.3 Å². The first kappa shape index (κ1) is 16.1. The number of thioether (sulfide) groups is 1. The quantitative estimate of drug-likeness (QED) is 0.908. The Hall–Kier alpha value is -1.75. The molecule has 1 heterocycles. The minimum atomic E-state index is 0.100. The van der Waals surface area contributed by atoms with Crippen LogP contribution in [0.1, 0.15) is 47.0 Å². The molecule has 122 valence electrons. The van der Waals surface area contributed by atoms with Crippen LogP contribution in [-0.2, 0) is 17.0 Å². The van der Waals surface area contributed by atoms with E-state index < -0.39 is 0 Å². The highest BCUT2D eigenvalue weighted by molar-refractivity contribution is 7.99. The Labute approximate surface area is 141 Å². The molecular weight excluding hydrogens is 308 g/mol. The number of nitrogens with zero attached hydrogens (tertiary/aromatic N) is 1. The van der Waals surface area contributed by atoms with Gasteiger partial charge in [0.2, 0.25) is 5.91 Å². The maximum Gasteiger partial charge on any atom is 0.230 e. The first-order valence-electron chi connectivity index (χ1n) is 8.02. The van der Waals surface area contributed by atoms with Crippen LogP contribution in [-0.4, -0.2) is 16.8 Å². The van der Waals surface area contributed by atoms with Gasteiger partial charge >= 0.3 is 0 Å². The lowest BCUT2D eigenvalue weighted by atomic mass is 9.88. The highest BCUT2D eigenvalue weighted by atomic mass is 32.2. The van der Waals surface area contributed by atoms with Gasteiger partial charge in [-0.15, -0.1) is 11.8 Å². The molecule has 0 fully saturated rings. The van der Waals surface area contributed by atoms with Gasteiger partial charge in [-0.25, -0.2) is 0 Å². The van der Waals surface area contributed by atoms with Crippen LogP contribution in [0, 0.1) is 13.8 Å². The largest absolute Gasteiger partial charge is 0.361 e. The van der Waals surface area contributed by atoms with E-state index in [1.807, 2.05) is 13.8 Å². The summed E-state index contributed by atoms with van der Waals surface area (Å²) < 4.78 is 5.15. The molecule has 1 aliphatic carbocycles. The summed E-state index contributed by atoms with van der Waals surface area (Å²) in [5, 5.41) is 7.13. The Morgan fingerprint density at radius 2 is 2.22 bits per heavy atom. The lowest BCUT2D eigenvalue weighted by molar-refractivity contribution is -0.119. The Kier molecular flexibility index (Phi) is 5.06. The van der Waals surface area contributed by atoms with Crippen molar-refractivity contribution in [1.29, 1.82) is 0 Å². The third-order valence-corrected chi connectivity index (χ3v) is 5.32. The number of hydrogen-bond acceptors (Lipinski definition) is 4. The van der Waals surface area contributed by atoms with Crippen LogP contribution < -0.4 is 5.32 Å². The minimum absolute atomic E-state index is 0.100. The number of carbonyl (C=O) groups is 1. The average molecular weight is 330 g/mol. The molecule has 1 atom stereocenters. The van der Waals surface area contributed by atoms with E-state index in [0.29, 0.717) is 5.75 Å². The number of benzene rings is 1. The van der Waals surface area contributed by atoms with E-state index in [2.05, 4.69) is 34.7 Å². The molecule has 2 aromatic rings. The lowest BCUT2D eigenvalue weighted by Crippen LogP contribution is -2.32. The van der Waals surface area contributed by atoms with Gasteiger partial charge in [-0.3, -0.25) is 4.79 Å². The summed E-state index contributed by atoms with van der Waals surface area (Å²) in [6.07, 6.45) is 3.27. The van der Waals surface area contributed by atoms with Crippen molar-refractivity contribution < 1.29 is 9.32 Å². The molecule has 1 amide bonds. The summed E-state index contributed by atoms with van der Waals surface area (Å²) in [6.45, 7) is 3.85. The third kappa shape index (κ3) is 3.78. The van der Waals surface area contributed by atoms with E-state index in [9.17, 15) is 4.79 Å². The van der Waals surface area contributed by atoms with Crippen molar-refractivity contribution >= 4 is 17.7 Å². The maximum absolute atomic E-state index is 12.2. The van der Waals surface area contributed by atoms with Gasteiger partial charge in [0.1, 0.15) is 5.76 Å². The first-order valence-corrected chi connectivity index (χ1v) is 9.17. The van der Waals surface area contributed by atoms with Gasteiger partial charge in [-0.2, -0.15) is 0 Å². The number of aromatic nitrogens is 1. The molecule has 0 radical (unpaired) electrons. The SMILES string of the molecule is Cc1noc(C)c1CSCC(=O)N[C@@H]1CCCc2ccccc21. The summed E-state index contributed by atoms with van der Waals surface area (Å²) in [4.78, 5) is 12.2. The van der Waals surface area contributed by atoms with Crippen molar-refractivity contribution in [3.63, 3.8) is 0 Å². The highest BCUT2D eigenvalue weighted by Crippen LogP contribution is 2.29. The van der Waals surface area contributed by atoms with Gasteiger partial charge in [-0.1, -0.05) is 29.4 Å². The molecule has 1 aliphatic rings. The fourth-order valence-electron chi connectivity index (χ4n) is 3.09. The zero-order valence-electron chi connectivity index (χ0n) is 13.6. The van der Waals surface area contributed by atoms with E-state index in [4.69, 9.17) is 4.52 Å². The van der Waals surface area contributed by atoms with Crippen LogP contribution in [0.4, 0.5) is 0 Å². The van der Waals surface area contributed by atoms with Gasteiger partial charge < -0.3 is 9.84 Å². The maximum atomic E-state index is 12.2. The van der Waals surface area contributed by atoms with Crippen molar-refractivity contribution in [2.24, 2.45) is 0 Å². The monoisotopic (exact) mass is 330 g/mol. The molecule has 1 aromatic heterocycles. The Morgan fingerprint density at radius 1 is 1.39 bits per heavy atom. The van der Waals surface area contributed by atoms with Crippen LogP contribution >= 0.6 is 11.8 Å². The smallest absolute Gasteiger partial charge is 0.230 e. The van der Waals surface area contributed by atoms with E-state index >= 15 is 0 Å². The first-order chi connectivity index (χ1) is 11.1. The highest BCUT2D eigenvalue weighted by Gasteiger charge is 2.21. The lowest BCUT2D eigenvalue weighted by Gasteiger charge is -2.26. The zero-order valence-corrected chi connectivity index (χ0v) is 14.4. The number of amides is 1. The average Bonchev–Trinajstić information content (AvgIpc) is 2.87. The number of carbonyl (C=O) groups excluding carboxylic acids is 1. The molecule has 0 saturated heterocycles. The molecule has 0 saturated carbocycles. The Morgan fingerprint density at radius 3 is 3.00 bits per heavy atom. The molecule has 1 N–H and O–H groups in total. The van der Waals surface area contributed by atoms with E-state index in [-0.39, 0.29) is 11.9 Å². The molecule has 1 aromatic carbocycles. The second-order valence-corrected chi connectivity index (χ2v) is 6.99. The standard InChI is InChI=1S/C18H22N2O2S/c1-12-16(13(2)22-20-12)10-23-11-18(21)19-17-9-5-7-14-6-3-4-8-15(14)17/h3-4,6,8,17H,5,7,9-11H2,1-2H3,(H,19,21)/t17-/m1/s1. The van der Waals surface area contributed by atoms with Crippen LogP contribution in [0.5, 0.6) is 0 Å². The van der Waals surface area contributed by atoms with Gasteiger partial charge in [0.25, 0.3) is 0 Å². The van der Waals surface area contributed by atoms with Crippen molar-refractivity contribution in [2.45, 2.75) is 44.9 Å². The molecular formula is C18H22N2O2S. The van der Waals surface area contributed by atoms with Gasteiger partial charge in [0.05, 0.1) is 17.5 Å². The Bertz CT molecular complexity index is 677. The molecule has 3 rings (SSSR count). The number of rotatable bonds is 5. The number of hydrogen-bond donors (Lipinski definition) is 1. The predicted octanol–water partition coefficient (Wildman–Crippen LogP) is 3.72. The van der Waals surface area contributed by atoms with E-state index in [1.165, 1.54) is 11.1 Å². The molecule has 5 heteroatoms. The van der Waals surface area contributed by atoms with Crippen molar-refractivity contribution in [1.82, 2.24) is 10.5 Å². The molecule has 0 unspecified atom stereocenters. The minimum Gasteiger partial charge on any atom is -0.361 e. The van der Waals surface area contributed by atoms with Crippen molar-refractivity contribution in [2.75, 3.05) is 5.75 Å². The summed E-state index contributed by atoms with van der Waals surface area (Å²) in [5.41, 5.74) is 4.66. The molecule has 0 aliphatic heterocycles. The summed E-state index contributed by atoms with van der Waals surface area (Å²) >= 11 is 1.61. The fourth-order valence-corrected chi connectivity index (χ4v) is 4.08. The predicted molar refractivity (Wildman–Crippen MR) is 92.4 cm³/mol. The Balaban J connectivity index is 1.52. The van der Waals surface area contributed by atoms with Crippen LogP contribution in [0.2, 0.25) is 0 Å². The molecule has 0 spiro atoms. The molecule has 0 bridgehead atoms. The third-order valence-electron chi connectivity index (χ3n) is 4.37. The van der Waals surface area contributed by atoms with Crippen LogP contribution in [0.15, 0.2) is 28.8 Å². The van der Waals surface area contributed by atoms with Crippen molar-refractivity contribution in [3.8, 4) is 0 Å². The topological polar surface area (TPSA) is 55.1 Å². The van der Waals surface area contributed by atoms with E-state index in [1.54, 1.807) is 11.8 Å². The second kappa shape index (κ2) is 7.21.